The number of aryl methyl sites for hydroxylation is 2. The van der Waals surface area contributed by atoms with E-state index in [9.17, 15) is 4.79 Å². The number of primary amides is 1. The van der Waals surface area contributed by atoms with Crippen LogP contribution in [0.2, 0.25) is 0 Å². The van der Waals surface area contributed by atoms with Crippen LogP contribution in [-0.4, -0.2) is 24.0 Å². The number of nitrogens with zero attached hydrogens (tertiary/aromatic N) is 1. The fourth-order valence-corrected chi connectivity index (χ4v) is 1.63. The third-order valence-electron chi connectivity index (χ3n) is 2.61. The molecule has 5 N–H and O–H groups in total. The highest BCUT2D eigenvalue weighted by Gasteiger charge is 2.14. The van der Waals surface area contributed by atoms with Crippen molar-refractivity contribution in [3.05, 3.63) is 22.9 Å². The molecule has 1 rings (SSSR count). The topological polar surface area (TPSA) is 94.0 Å². The van der Waals surface area contributed by atoms with Crippen LogP contribution < -0.4 is 16.8 Å². The molecule has 5 heteroatoms. The summed E-state index contributed by atoms with van der Waals surface area (Å²) in [6.45, 7) is 7.03. The first kappa shape index (κ1) is 13.4. The van der Waals surface area contributed by atoms with Gasteiger partial charge in [0.25, 0.3) is 5.91 Å². The van der Waals surface area contributed by atoms with E-state index >= 15 is 0 Å². The van der Waals surface area contributed by atoms with E-state index in [0.29, 0.717) is 30.4 Å². The van der Waals surface area contributed by atoms with Crippen molar-refractivity contribution >= 4 is 11.7 Å². The Balaban J connectivity index is 3.00. The lowest BCUT2D eigenvalue weighted by Crippen LogP contribution is -2.23. The third-order valence-corrected chi connectivity index (χ3v) is 2.61. The molecule has 17 heavy (non-hydrogen) atoms. The van der Waals surface area contributed by atoms with Gasteiger partial charge in [0, 0.05) is 12.2 Å². The van der Waals surface area contributed by atoms with E-state index in [1.54, 1.807) is 0 Å². The number of carbonyl (C=O) groups excluding carboxylic acids is 1. The summed E-state index contributed by atoms with van der Waals surface area (Å²) in [6.07, 6.45) is 0. The van der Waals surface area contributed by atoms with Crippen molar-refractivity contribution in [3.63, 3.8) is 0 Å². The Morgan fingerprint density at radius 2 is 2.18 bits per heavy atom. The fourth-order valence-electron chi connectivity index (χ4n) is 1.63. The van der Waals surface area contributed by atoms with Crippen molar-refractivity contribution < 1.29 is 4.79 Å². The first-order chi connectivity index (χ1) is 7.95. The van der Waals surface area contributed by atoms with Crippen LogP contribution in [0.15, 0.2) is 6.07 Å². The molecule has 1 aromatic heterocycles. The molecule has 0 fully saturated rings. The van der Waals surface area contributed by atoms with Gasteiger partial charge in [-0.1, -0.05) is 6.92 Å². The average Bonchev–Trinajstić information content (AvgIpc) is 2.24. The number of rotatable bonds is 5. The Labute approximate surface area is 102 Å². The molecule has 1 heterocycles. The van der Waals surface area contributed by atoms with Crippen molar-refractivity contribution in [2.75, 3.05) is 18.4 Å². The number of anilines is 1. The molecule has 5 nitrogen and oxygen atoms in total. The molecule has 0 aliphatic heterocycles. The Bertz CT molecular complexity index is 417. The van der Waals surface area contributed by atoms with Crippen LogP contribution in [0.5, 0.6) is 0 Å². The summed E-state index contributed by atoms with van der Waals surface area (Å²) in [7, 11) is 0. The molecular formula is C12H20N4O. The van der Waals surface area contributed by atoms with Gasteiger partial charge >= 0.3 is 0 Å². The van der Waals surface area contributed by atoms with Gasteiger partial charge in [0.15, 0.2) is 0 Å². The third kappa shape index (κ3) is 3.42. The molecule has 0 saturated carbocycles. The van der Waals surface area contributed by atoms with Crippen molar-refractivity contribution in [2.45, 2.75) is 20.8 Å². The number of amides is 1. The molecule has 0 aromatic carbocycles. The minimum absolute atomic E-state index is 0.318. The summed E-state index contributed by atoms with van der Waals surface area (Å²) in [6, 6.07) is 1.84. The van der Waals surface area contributed by atoms with Crippen LogP contribution in [-0.2, 0) is 0 Å². The lowest BCUT2D eigenvalue weighted by atomic mass is 10.1. The molecule has 0 bridgehead atoms. The summed E-state index contributed by atoms with van der Waals surface area (Å²) in [5.74, 6) is 0.409. The van der Waals surface area contributed by atoms with Gasteiger partial charge in [-0.05, 0) is 37.9 Å². The number of carbonyl (C=O) groups is 1. The summed E-state index contributed by atoms with van der Waals surface area (Å²) < 4.78 is 0. The lowest BCUT2D eigenvalue weighted by Gasteiger charge is -2.15. The maximum absolute atomic E-state index is 11.4. The first-order valence-electron chi connectivity index (χ1n) is 5.67. The van der Waals surface area contributed by atoms with E-state index in [-0.39, 0.29) is 0 Å². The van der Waals surface area contributed by atoms with Crippen molar-refractivity contribution in [3.8, 4) is 0 Å². The van der Waals surface area contributed by atoms with Crippen LogP contribution in [0, 0.1) is 19.8 Å². The Morgan fingerprint density at radius 1 is 1.53 bits per heavy atom. The molecule has 94 valence electrons. The molecule has 1 aromatic rings. The van der Waals surface area contributed by atoms with Gasteiger partial charge in [0.05, 0.1) is 5.56 Å². The van der Waals surface area contributed by atoms with Crippen molar-refractivity contribution in [2.24, 2.45) is 17.4 Å². The quantitative estimate of drug-likeness (QED) is 0.705. The minimum atomic E-state index is -0.460. The summed E-state index contributed by atoms with van der Waals surface area (Å²) >= 11 is 0. The summed E-state index contributed by atoms with van der Waals surface area (Å²) in [5, 5.41) is 3.14. The van der Waals surface area contributed by atoms with E-state index < -0.39 is 5.91 Å². The highest BCUT2D eigenvalue weighted by Crippen LogP contribution is 2.18. The predicted octanol–water partition coefficient (Wildman–Crippen LogP) is 0.804. The molecule has 0 aliphatic rings. The predicted molar refractivity (Wildman–Crippen MR) is 68.9 cm³/mol. The maximum Gasteiger partial charge on any atom is 0.252 e. The van der Waals surface area contributed by atoms with E-state index in [0.717, 1.165) is 11.3 Å². The highest BCUT2D eigenvalue weighted by molar-refractivity contribution is 5.99. The van der Waals surface area contributed by atoms with E-state index in [1.165, 1.54) is 0 Å². The zero-order valence-electron chi connectivity index (χ0n) is 10.6. The second-order valence-corrected chi connectivity index (χ2v) is 4.39. The van der Waals surface area contributed by atoms with Crippen molar-refractivity contribution in [1.29, 1.82) is 0 Å². The van der Waals surface area contributed by atoms with Crippen LogP contribution in [0.25, 0.3) is 0 Å². The second-order valence-electron chi connectivity index (χ2n) is 4.39. The van der Waals surface area contributed by atoms with Gasteiger partial charge in [0.2, 0.25) is 0 Å². The standard InChI is InChI=1S/C12H20N4O/c1-7(5-13)6-15-12-10(11(14)17)8(2)4-9(3)16-12/h4,7H,5-6,13H2,1-3H3,(H2,14,17)(H,15,16). The SMILES string of the molecule is Cc1cc(C)c(C(N)=O)c(NCC(C)CN)n1. The first-order valence-corrected chi connectivity index (χ1v) is 5.67. The molecule has 0 saturated heterocycles. The fraction of sp³-hybridized carbons (Fsp3) is 0.500. The Hall–Kier alpha value is -1.62. The molecule has 0 aliphatic carbocycles. The molecule has 1 unspecified atom stereocenters. The Kier molecular flexibility index (Phi) is 4.45. The molecule has 1 amide bonds. The highest BCUT2D eigenvalue weighted by atomic mass is 16.1. The normalized spacial score (nSPS) is 12.2. The van der Waals surface area contributed by atoms with Crippen LogP contribution >= 0.6 is 0 Å². The number of pyridine rings is 1. The van der Waals surface area contributed by atoms with Gasteiger partial charge in [-0.25, -0.2) is 4.98 Å². The monoisotopic (exact) mass is 236 g/mol. The molecule has 0 radical (unpaired) electrons. The Morgan fingerprint density at radius 3 is 2.71 bits per heavy atom. The number of nitrogens with one attached hydrogen (secondary N) is 1. The van der Waals surface area contributed by atoms with E-state index in [4.69, 9.17) is 11.5 Å². The van der Waals surface area contributed by atoms with Gasteiger partial charge in [-0.2, -0.15) is 0 Å². The number of aromatic nitrogens is 1. The molecular weight excluding hydrogens is 216 g/mol. The smallest absolute Gasteiger partial charge is 0.252 e. The largest absolute Gasteiger partial charge is 0.369 e. The van der Waals surface area contributed by atoms with Crippen LogP contribution in [0.1, 0.15) is 28.5 Å². The van der Waals surface area contributed by atoms with E-state index in [2.05, 4.69) is 10.3 Å². The minimum Gasteiger partial charge on any atom is -0.369 e. The van der Waals surface area contributed by atoms with Gasteiger partial charge in [-0.3, -0.25) is 4.79 Å². The van der Waals surface area contributed by atoms with Gasteiger partial charge in [0.1, 0.15) is 5.82 Å². The molecule has 0 spiro atoms. The van der Waals surface area contributed by atoms with E-state index in [1.807, 2.05) is 26.8 Å². The van der Waals surface area contributed by atoms with Crippen LogP contribution in [0.3, 0.4) is 0 Å². The summed E-state index contributed by atoms with van der Waals surface area (Å²) in [4.78, 5) is 15.7. The molecule has 1 atom stereocenters. The number of hydrogen-bond donors (Lipinski definition) is 3. The lowest BCUT2D eigenvalue weighted by molar-refractivity contribution is 0.1000. The average molecular weight is 236 g/mol. The van der Waals surface area contributed by atoms with Crippen LogP contribution in [0.4, 0.5) is 5.82 Å². The zero-order valence-corrected chi connectivity index (χ0v) is 10.6. The second kappa shape index (κ2) is 5.63. The van der Waals surface area contributed by atoms with Gasteiger partial charge in [-0.15, -0.1) is 0 Å². The maximum atomic E-state index is 11.4. The summed E-state index contributed by atoms with van der Waals surface area (Å²) in [5.41, 5.74) is 13.1. The number of nitrogens with two attached hydrogens (primary N) is 2. The number of hydrogen-bond acceptors (Lipinski definition) is 4. The zero-order chi connectivity index (χ0) is 13.0. The van der Waals surface area contributed by atoms with Gasteiger partial charge < -0.3 is 16.8 Å². The van der Waals surface area contributed by atoms with Crippen molar-refractivity contribution in [1.82, 2.24) is 4.98 Å².